The minimum atomic E-state index is -0.183. The maximum Gasteiger partial charge on any atom is 0.333 e. The van der Waals surface area contributed by atoms with E-state index in [1.165, 1.54) is 6.42 Å². The Balaban J connectivity index is 1.66. The first-order valence-electron chi connectivity index (χ1n) is 8.93. The number of fused-ring (bicyclic) bond motifs is 5. The number of aliphatic hydroxyl groups is 1. The number of hydrogen-bond donors (Lipinski definition) is 1. The molecule has 0 aromatic heterocycles. The van der Waals surface area contributed by atoms with Crippen LogP contribution in [0.25, 0.3) is 0 Å². The third-order valence-corrected chi connectivity index (χ3v) is 7.86. The molecule has 1 N–H and O–H groups in total. The molecule has 1 heterocycles. The predicted octanol–water partition coefficient (Wildman–Crippen LogP) is 3.46. The van der Waals surface area contributed by atoms with Crippen LogP contribution in [0.4, 0.5) is 0 Å². The van der Waals surface area contributed by atoms with E-state index in [1.54, 1.807) is 0 Å². The fraction of sp³-hybridized carbons (Fsp3) is 0.842. The second-order valence-electron chi connectivity index (χ2n) is 8.77. The second kappa shape index (κ2) is 4.59. The molecule has 22 heavy (non-hydrogen) atoms. The van der Waals surface area contributed by atoms with E-state index < -0.39 is 0 Å². The monoisotopic (exact) mass is 304 g/mol. The summed E-state index contributed by atoms with van der Waals surface area (Å²) in [5, 5.41) is 10.5. The summed E-state index contributed by atoms with van der Waals surface area (Å²) in [6.45, 7) is 8.57. The summed E-state index contributed by atoms with van der Waals surface area (Å²) >= 11 is 0. The maximum absolute atomic E-state index is 11.9. The molecule has 0 aromatic carbocycles. The first-order valence-corrected chi connectivity index (χ1v) is 8.93. The fourth-order valence-electron chi connectivity index (χ4n) is 6.58. The zero-order chi connectivity index (χ0) is 15.7. The first kappa shape index (κ1) is 14.7. The number of aliphatic hydroxyl groups excluding tert-OH is 1. The van der Waals surface area contributed by atoms with Crippen LogP contribution >= 0.6 is 0 Å². The fourth-order valence-corrected chi connectivity index (χ4v) is 6.58. The van der Waals surface area contributed by atoms with E-state index in [2.05, 4.69) is 20.4 Å². The van der Waals surface area contributed by atoms with Crippen molar-refractivity contribution < 1.29 is 14.6 Å². The van der Waals surface area contributed by atoms with Crippen molar-refractivity contribution in [2.24, 2.45) is 28.6 Å². The van der Waals surface area contributed by atoms with E-state index in [4.69, 9.17) is 4.74 Å². The molecule has 0 aromatic rings. The van der Waals surface area contributed by atoms with Gasteiger partial charge in [0, 0.05) is 11.0 Å². The highest BCUT2D eigenvalue weighted by Crippen LogP contribution is 2.64. The molecule has 3 aliphatic carbocycles. The van der Waals surface area contributed by atoms with Gasteiger partial charge >= 0.3 is 5.97 Å². The topological polar surface area (TPSA) is 46.5 Å². The predicted molar refractivity (Wildman–Crippen MR) is 84.0 cm³/mol. The van der Waals surface area contributed by atoms with Gasteiger partial charge < -0.3 is 9.84 Å². The molecule has 6 unspecified atom stereocenters. The van der Waals surface area contributed by atoms with Gasteiger partial charge in [0.05, 0.1) is 6.10 Å². The third-order valence-electron chi connectivity index (χ3n) is 7.86. The lowest BCUT2D eigenvalue weighted by Gasteiger charge is -2.59. The Morgan fingerprint density at radius 2 is 1.82 bits per heavy atom. The Morgan fingerprint density at radius 1 is 1.09 bits per heavy atom. The van der Waals surface area contributed by atoms with Gasteiger partial charge in [-0.2, -0.15) is 0 Å². The van der Waals surface area contributed by atoms with Gasteiger partial charge in [0.1, 0.15) is 6.10 Å². The van der Waals surface area contributed by atoms with Gasteiger partial charge in [-0.1, -0.05) is 20.4 Å². The lowest BCUT2D eigenvalue weighted by molar-refractivity contribution is -0.183. The maximum atomic E-state index is 11.9. The Labute approximate surface area is 133 Å². The molecule has 3 saturated carbocycles. The van der Waals surface area contributed by atoms with Crippen molar-refractivity contribution in [2.45, 2.75) is 71.0 Å². The van der Waals surface area contributed by atoms with Crippen molar-refractivity contribution in [3.63, 3.8) is 0 Å². The van der Waals surface area contributed by atoms with Gasteiger partial charge in [0.25, 0.3) is 0 Å². The minimum absolute atomic E-state index is 0.0583. The van der Waals surface area contributed by atoms with Crippen LogP contribution in [0.2, 0.25) is 0 Å². The number of carbonyl (C=O) groups excluding carboxylic acids is 1. The summed E-state index contributed by atoms with van der Waals surface area (Å²) in [7, 11) is 0. The average molecular weight is 304 g/mol. The summed E-state index contributed by atoms with van der Waals surface area (Å²) in [6, 6.07) is 0. The molecule has 3 heteroatoms. The molecule has 1 aliphatic heterocycles. The van der Waals surface area contributed by atoms with E-state index in [0.29, 0.717) is 23.3 Å². The zero-order valence-electron chi connectivity index (χ0n) is 13.8. The van der Waals surface area contributed by atoms with Crippen LogP contribution < -0.4 is 0 Å². The van der Waals surface area contributed by atoms with Crippen LogP contribution in [-0.2, 0) is 9.53 Å². The van der Waals surface area contributed by atoms with E-state index in [0.717, 1.165) is 38.5 Å². The molecule has 4 rings (SSSR count). The molecule has 0 radical (unpaired) electrons. The second-order valence-corrected chi connectivity index (χ2v) is 8.77. The van der Waals surface area contributed by atoms with Gasteiger partial charge in [-0.25, -0.2) is 4.79 Å². The van der Waals surface area contributed by atoms with Gasteiger partial charge in [-0.3, -0.25) is 0 Å². The van der Waals surface area contributed by atoms with Crippen molar-refractivity contribution in [1.29, 1.82) is 0 Å². The molecular formula is C19H28O3. The van der Waals surface area contributed by atoms with E-state index >= 15 is 0 Å². The summed E-state index contributed by atoms with van der Waals surface area (Å²) in [4.78, 5) is 11.9. The summed E-state index contributed by atoms with van der Waals surface area (Å²) in [6.07, 6.45) is 7.29. The SMILES string of the molecule is C=C1CC2(C)C3CCC4(C)C(O)CCC4C3CC[C@H]2OC1=O. The molecule has 122 valence electrons. The molecule has 4 aliphatic rings. The summed E-state index contributed by atoms with van der Waals surface area (Å²) < 4.78 is 5.72. The summed E-state index contributed by atoms with van der Waals surface area (Å²) in [5.74, 6) is 1.75. The van der Waals surface area contributed by atoms with Gasteiger partial charge in [-0.05, 0) is 68.1 Å². The van der Waals surface area contributed by atoms with Crippen molar-refractivity contribution >= 4 is 5.97 Å². The van der Waals surface area contributed by atoms with Gasteiger partial charge in [-0.15, -0.1) is 0 Å². The van der Waals surface area contributed by atoms with Crippen LogP contribution in [0.5, 0.6) is 0 Å². The van der Waals surface area contributed by atoms with Crippen molar-refractivity contribution in [2.75, 3.05) is 0 Å². The Bertz CT molecular complexity index is 527. The molecule has 0 amide bonds. The quantitative estimate of drug-likeness (QED) is 0.550. The van der Waals surface area contributed by atoms with Crippen LogP contribution in [0.1, 0.15) is 58.8 Å². The standard InChI is InChI=1S/C19H28O3/c1-11-10-19(3)14-8-9-18(2)13(5-6-15(18)20)12(14)4-7-16(19)22-17(11)21/h12-16,20H,1,4-10H2,2-3H3/t12?,13?,14?,15?,16-,18?,19?/m1/s1. The van der Waals surface area contributed by atoms with Crippen molar-refractivity contribution in [3.05, 3.63) is 12.2 Å². The van der Waals surface area contributed by atoms with E-state index in [-0.39, 0.29) is 29.0 Å². The first-order chi connectivity index (χ1) is 10.4. The molecule has 0 spiro atoms. The Hall–Kier alpha value is -0.830. The number of rotatable bonds is 0. The molecule has 4 fully saturated rings. The number of hydrogen-bond acceptors (Lipinski definition) is 3. The normalized spacial score (nSPS) is 54.2. The van der Waals surface area contributed by atoms with E-state index in [9.17, 15) is 9.90 Å². The average Bonchev–Trinajstić information content (AvgIpc) is 2.77. The summed E-state index contributed by atoms with van der Waals surface area (Å²) in [5.41, 5.74) is 0.828. The highest BCUT2D eigenvalue weighted by atomic mass is 16.5. The Kier molecular flexibility index (Phi) is 3.08. The molecule has 3 nitrogen and oxygen atoms in total. The van der Waals surface area contributed by atoms with Crippen LogP contribution in [0.3, 0.4) is 0 Å². The van der Waals surface area contributed by atoms with Crippen LogP contribution in [-0.4, -0.2) is 23.3 Å². The number of esters is 1. The zero-order valence-corrected chi connectivity index (χ0v) is 13.8. The minimum Gasteiger partial charge on any atom is -0.458 e. The molecule has 0 bridgehead atoms. The van der Waals surface area contributed by atoms with Crippen molar-refractivity contribution in [1.82, 2.24) is 0 Å². The number of carbonyl (C=O) groups is 1. The lowest BCUT2D eigenvalue weighted by Crippen LogP contribution is -2.57. The van der Waals surface area contributed by atoms with Gasteiger partial charge in [0.2, 0.25) is 0 Å². The largest absolute Gasteiger partial charge is 0.458 e. The van der Waals surface area contributed by atoms with Crippen LogP contribution in [0.15, 0.2) is 12.2 Å². The molecule has 1 saturated heterocycles. The highest BCUT2D eigenvalue weighted by molar-refractivity contribution is 5.88. The lowest BCUT2D eigenvalue weighted by atomic mass is 9.48. The Morgan fingerprint density at radius 3 is 2.59 bits per heavy atom. The number of ether oxygens (including phenoxy) is 1. The van der Waals surface area contributed by atoms with E-state index in [1.807, 2.05) is 0 Å². The molecule has 7 atom stereocenters. The molecular weight excluding hydrogens is 276 g/mol. The highest BCUT2D eigenvalue weighted by Gasteiger charge is 2.61. The van der Waals surface area contributed by atoms with Crippen LogP contribution in [0, 0.1) is 28.6 Å². The third kappa shape index (κ3) is 1.75. The van der Waals surface area contributed by atoms with Crippen molar-refractivity contribution in [3.8, 4) is 0 Å². The van der Waals surface area contributed by atoms with Gasteiger partial charge in [0.15, 0.2) is 0 Å². The smallest absolute Gasteiger partial charge is 0.333 e.